The zero-order valence-electron chi connectivity index (χ0n) is 10.3. The highest BCUT2D eigenvalue weighted by Crippen LogP contribution is 2.31. The fraction of sp³-hybridized carbons (Fsp3) is 0.667. The summed E-state index contributed by atoms with van der Waals surface area (Å²) in [4.78, 5) is 12.2. The first-order valence-electron chi connectivity index (χ1n) is 5.95. The standard InChI is InChI=1S/C12H18ClN3O/c1-9-10(7-16(2)15-9)11(17)14-12(8-13)5-3-4-6-12/h7H,3-6,8H2,1-2H3,(H,14,17). The molecule has 4 nitrogen and oxygen atoms in total. The first kappa shape index (κ1) is 12.4. The van der Waals surface area contributed by atoms with Crippen LogP contribution in [0.25, 0.3) is 0 Å². The lowest BCUT2D eigenvalue weighted by Gasteiger charge is -2.27. The largest absolute Gasteiger partial charge is 0.345 e. The molecule has 1 aliphatic rings. The SMILES string of the molecule is Cc1nn(C)cc1C(=O)NC1(CCl)CCCC1. The predicted molar refractivity (Wildman–Crippen MR) is 67.3 cm³/mol. The Morgan fingerprint density at radius 3 is 2.71 bits per heavy atom. The number of carbonyl (C=O) groups excluding carboxylic acids is 1. The van der Waals surface area contributed by atoms with E-state index in [0.29, 0.717) is 11.4 Å². The number of halogens is 1. The van der Waals surface area contributed by atoms with Gasteiger partial charge in [0.25, 0.3) is 5.91 Å². The summed E-state index contributed by atoms with van der Waals surface area (Å²) >= 11 is 6.01. The number of aryl methyl sites for hydroxylation is 2. The molecule has 0 spiro atoms. The molecule has 0 bridgehead atoms. The lowest BCUT2D eigenvalue weighted by Crippen LogP contribution is -2.48. The fourth-order valence-corrected chi connectivity index (χ4v) is 2.81. The fourth-order valence-electron chi connectivity index (χ4n) is 2.47. The summed E-state index contributed by atoms with van der Waals surface area (Å²) in [5.41, 5.74) is 1.19. The van der Waals surface area contributed by atoms with Crippen molar-refractivity contribution >= 4 is 17.5 Å². The average molecular weight is 256 g/mol. The van der Waals surface area contributed by atoms with E-state index in [9.17, 15) is 4.79 Å². The van der Waals surface area contributed by atoms with Gasteiger partial charge in [-0.25, -0.2) is 0 Å². The van der Waals surface area contributed by atoms with Crippen LogP contribution in [0.4, 0.5) is 0 Å². The molecule has 94 valence electrons. The van der Waals surface area contributed by atoms with E-state index in [2.05, 4.69) is 10.4 Å². The number of hydrogen-bond acceptors (Lipinski definition) is 2. The third-order valence-corrected chi connectivity index (χ3v) is 3.96. The number of carbonyl (C=O) groups is 1. The van der Waals surface area contributed by atoms with Crippen LogP contribution in [0.1, 0.15) is 41.7 Å². The van der Waals surface area contributed by atoms with Crippen molar-refractivity contribution in [2.45, 2.75) is 38.1 Å². The molecular formula is C12H18ClN3O. The number of rotatable bonds is 3. The lowest BCUT2D eigenvalue weighted by atomic mass is 10.00. The Morgan fingerprint density at radius 2 is 2.24 bits per heavy atom. The van der Waals surface area contributed by atoms with Crippen LogP contribution in [0, 0.1) is 6.92 Å². The van der Waals surface area contributed by atoms with Gasteiger partial charge < -0.3 is 5.32 Å². The van der Waals surface area contributed by atoms with E-state index >= 15 is 0 Å². The second-order valence-corrected chi connectivity index (χ2v) is 5.14. The van der Waals surface area contributed by atoms with Gasteiger partial charge in [0.05, 0.1) is 16.8 Å². The molecule has 1 N–H and O–H groups in total. The van der Waals surface area contributed by atoms with Crippen LogP contribution in [-0.4, -0.2) is 27.1 Å². The molecule has 2 rings (SSSR count). The molecule has 0 atom stereocenters. The van der Waals surface area contributed by atoms with Crippen molar-refractivity contribution in [2.24, 2.45) is 7.05 Å². The second-order valence-electron chi connectivity index (χ2n) is 4.88. The van der Waals surface area contributed by atoms with E-state index in [1.54, 1.807) is 10.9 Å². The topological polar surface area (TPSA) is 46.9 Å². The van der Waals surface area contributed by atoms with Gasteiger partial charge in [0, 0.05) is 19.1 Å². The van der Waals surface area contributed by atoms with E-state index in [1.807, 2.05) is 14.0 Å². The minimum absolute atomic E-state index is 0.0573. The Morgan fingerprint density at radius 1 is 1.59 bits per heavy atom. The number of amides is 1. The second kappa shape index (κ2) is 4.69. The average Bonchev–Trinajstić information content (AvgIpc) is 2.86. The minimum atomic E-state index is -0.207. The van der Waals surface area contributed by atoms with Crippen LogP contribution < -0.4 is 5.32 Å². The molecule has 0 aromatic carbocycles. The quantitative estimate of drug-likeness (QED) is 0.840. The highest BCUT2D eigenvalue weighted by Gasteiger charge is 2.35. The first-order chi connectivity index (χ1) is 8.06. The zero-order valence-corrected chi connectivity index (χ0v) is 11.0. The highest BCUT2D eigenvalue weighted by atomic mass is 35.5. The summed E-state index contributed by atoms with van der Waals surface area (Å²) < 4.78 is 1.66. The smallest absolute Gasteiger partial charge is 0.255 e. The molecule has 1 aromatic heterocycles. The summed E-state index contributed by atoms with van der Waals surface area (Å²) in [5.74, 6) is 0.427. The third kappa shape index (κ3) is 2.46. The molecule has 1 amide bonds. The lowest BCUT2D eigenvalue weighted by molar-refractivity contribution is 0.0908. The maximum atomic E-state index is 12.2. The molecule has 5 heteroatoms. The van der Waals surface area contributed by atoms with Gasteiger partial charge in [-0.3, -0.25) is 9.48 Å². The van der Waals surface area contributed by atoms with Gasteiger partial charge in [-0.15, -0.1) is 11.6 Å². The molecule has 1 heterocycles. The van der Waals surface area contributed by atoms with E-state index < -0.39 is 0 Å². The van der Waals surface area contributed by atoms with Gasteiger partial charge >= 0.3 is 0 Å². The molecule has 1 aromatic rings. The predicted octanol–water partition coefficient (Wildman–Crippen LogP) is 2.01. The molecule has 0 radical (unpaired) electrons. The Hall–Kier alpha value is -1.03. The van der Waals surface area contributed by atoms with Crippen molar-refractivity contribution < 1.29 is 4.79 Å². The monoisotopic (exact) mass is 255 g/mol. The van der Waals surface area contributed by atoms with Gasteiger partial charge in [-0.1, -0.05) is 12.8 Å². The molecular weight excluding hydrogens is 238 g/mol. The molecule has 0 saturated heterocycles. The van der Waals surface area contributed by atoms with E-state index in [0.717, 1.165) is 31.4 Å². The third-order valence-electron chi connectivity index (χ3n) is 3.45. The van der Waals surface area contributed by atoms with E-state index in [1.165, 1.54) is 0 Å². The van der Waals surface area contributed by atoms with Gasteiger partial charge in [-0.05, 0) is 19.8 Å². The van der Waals surface area contributed by atoms with Crippen molar-refractivity contribution in [2.75, 3.05) is 5.88 Å². The van der Waals surface area contributed by atoms with Crippen LogP contribution in [-0.2, 0) is 7.05 Å². The number of nitrogens with one attached hydrogen (secondary N) is 1. The first-order valence-corrected chi connectivity index (χ1v) is 6.48. The molecule has 1 saturated carbocycles. The van der Waals surface area contributed by atoms with Gasteiger partial charge in [-0.2, -0.15) is 5.10 Å². The summed E-state index contributed by atoms with van der Waals surface area (Å²) in [7, 11) is 1.82. The highest BCUT2D eigenvalue weighted by molar-refractivity contribution is 6.19. The van der Waals surface area contributed by atoms with Crippen LogP contribution in [0.15, 0.2) is 6.20 Å². The summed E-state index contributed by atoms with van der Waals surface area (Å²) in [6.07, 6.45) is 5.97. The Kier molecular flexibility index (Phi) is 3.43. The molecule has 1 fully saturated rings. The Labute approximate surface area is 106 Å². The number of nitrogens with zero attached hydrogens (tertiary/aromatic N) is 2. The summed E-state index contributed by atoms with van der Waals surface area (Å²) in [6.45, 7) is 1.84. The van der Waals surface area contributed by atoms with Crippen molar-refractivity contribution in [3.05, 3.63) is 17.5 Å². The van der Waals surface area contributed by atoms with Crippen LogP contribution >= 0.6 is 11.6 Å². The maximum absolute atomic E-state index is 12.2. The molecule has 17 heavy (non-hydrogen) atoms. The number of hydrogen-bond donors (Lipinski definition) is 1. The van der Waals surface area contributed by atoms with E-state index in [4.69, 9.17) is 11.6 Å². The van der Waals surface area contributed by atoms with Gasteiger partial charge in [0.1, 0.15) is 0 Å². The van der Waals surface area contributed by atoms with Crippen LogP contribution in [0.2, 0.25) is 0 Å². The Balaban J connectivity index is 2.13. The molecule has 0 unspecified atom stereocenters. The minimum Gasteiger partial charge on any atom is -0.345 e. The normalized spacial score (nSPS) is 18.3. The maximum Gasteiger partial charge on any atom is 0.255 e. The molecule has 0 aliphatic heterocycles. The van der Waals surface area contributed by atoms with Crippen LogP contribution in [0.5, 0.6) is 0 Å². The molecule has 1 aliphatic carbocycles. The van der Waals surface area contributed by atoms with Crippen molar-refractivity contribution in [3.8, 4) is 0 Å². The Bertz CT molecular complexity index is 421. The number of aromatic nitrogens is 2. The van der Waals surface area contributed by atoms with E-state index in [-0.39, 0.29) is 11.4 Å². The summed E-state index contributed by atoms with van der Waals surface area (Å²) in [6, 6.07) is 0. The van der Waals surface area contributed by atoms with Crippen molar-refractivity contribution in [3.63, 3.8) is 0 Å². The van der Waals surface area contributed by atoms with Gasteiger partial charge in [0.2, 0.25) is 0 Å². The summed E-state index contributed by atoms with van der Waals surface area (Å²) in [5, 5.41) is 7.27. The van der Waals surface area contributed by atoms with Crippen molar-refractivity contribution in [1.82, 2.24) is 15.1 Å². The van der Waals surface area contributed by atoms with Crippen LogP contribution in [0.3, 0.4) is 0 Å². The zero-order chi connectivity index (χ0) is 12.5. The van der Waals surface area contributed by atoms with Crippen molar-refractivity contribution in [1.29, 1.82) is 0 Å². The van der Waals surface area contributed by atoms with Gasteiger partial charge in [0.15, 0.2) is 0 Å². The number of alkyl halides is 1.